The molecule has 2 rings (SSSR count). The van der Waals surface area contributed by atoms with E-state index in [-0.39, 0.29) is 18.2 Å². The van der Waals surface area contributed by atoms with Crippen LogP contribution in [0.4, 0.5) is 0 Å². The topological polar surface area (TPSA) is 50.7 Å². The number of benzene rings is 1. The number of ether oxygens (including phenoxy) is 2. The van der Waals surface area contributed by atoms with Gasteiger partial charge in [0.15, 0.2) is 11.5 Å². The Kier molecular flexibility index (Phi) is 4.66. The third-order valence-corrected chi connectivity index (χ3v) is 3.85. The predicted octanol–water partition coefficient (Wildman–Crippen LogP) is 2.27. The molecule has 1 fully saturated rings. The molecule has 2 N–H and O–H groups in total. The molecule has 0 bridgehead atoms. The molecule has 106 valence electrons. The molecule has 0 aromatic heterocycles. The maximum atomic E-state index is 9.86. The van der Waals surface area contributed by atoms with E-state index in [9.17, 15) is 5.11 Å². The van der Waals surface area contributed by atoms with E-state index in [0.29, 0.717) is 0 Å². The van der Waals surface area contributed by atoms with Crippen LogP contribution in [0.15, 0.2) is 18.2 Å². The molecule has 3 atom stereocenters. The lowest BCUT2D eigenvalue weighted by atomic mass is 10.1. The molecular weight excluding hydrogens is 242 g/mol. The van der Waals surface area contributed by atoms with Gasteiger partial charge in [-0.05, 0) is 43.9 Å². The standard InChI is InChI=1S/C15H23NO3/c1-10(16-12-5-4-6-13(12)17)11-7-8-14(18-2)15(9-11)19-3/h7-10,12-13,16-17H,4-6H2,1-3H3/t10?,12-,13-/m1/s1. The third kappa shape index (κ3) is 3.19. The Hall–Kier alpha value is -1.26. The second kappa shape index (κ2) is 6.26. The van der Waals surface area contributed by atoms with Gasteiger partial charge in [0.25, 0.3) is 0 Å². The quantitative estimate of drug-likeness (QED) is 0.857. The van der Waals surface area contributed by atoms with E-state index in [1.54, 1.807) is 14.2 Å². The average molecular weight is 265 g/mol. The van der Waals surface area contributed by atoms with E-state index in [4.69, 9.17) is 9.47 Å². The van der Waals surface area contributed by atoms with Crippen molar-refractivity contribution in [3.05, 3.63) is 23.8 Å². The van der Waals surface area contributed by atoms with E-state index in [2.05, 4.69) is 12.2 Å². The van der Waals surface area contributed by atoms with Gasteiger partial charge >= 0.3 is 0 Å². The molecule has 19 heavy (non-hydrogen) atoms. The summed E-state index contributed by atoms with van der Waals surface area (Å²) in [5.74, 6) is 1.47. The van der Waals surface area contributed by atoms with E-state index in [0.717, 1.165) is 36.3 Å². The molecular formula is C15H23NO3. The monoisotopic (exact) mass is 265 g/mol. The largest absolute Gasteiger partial charge is 0.493 e. The van der Waals surface area contributed by atoms with Crippen LogP contribution in [-0.2, 0) is 0 Å². The van der Waals surface area contributed by atoms with E-state index in [1.165, 1.54) is 0 Å². The molecule has 0 saturated heterocycles. The number of methoxy groups -OCH3 is 2. The van der Waals surface area contributed by atoms with Gasteiger partial charge in [-0.15, -0.1) is 0 Å². The molecule has 0 radical (unpaired) electrons. The highest BCUT2D eigenvalue weighted by Crippen LogP contribution is 2.30. The first-order valence-electron chi connectivity index (χ1n) is 6.81. The number of aliphatic hydroxyl groups excluding tert-OH is 1. The van der Waals surface area contributed by atoms with Crippen molar-refractivity contribution in [2.75, 3.05) is 14.2 Å². The molecule has 0 heterocycles. The Morgan fingerprint density at radius 3 is 2.53 bits per heavy atom. The smallest absolute Gasteiger partial charge is 0.161 e. The van der Waals surface area contributed by atoms with Crippen molar-refractivity contribution in [3.63, 3.8) is 0 Å². The Labute approximate surface area is 114 Å². The molecule has 1 saturated carbocycles. The van der Waals surface area contributed by atoms with Gasteiger partial charge in [0.1, 0.15) is 0 Å². The lowest BCUT2D eigenvalue weighted by molar-refractivity contribution is 0.144. The first kappa shape index (κ1) is 14.2. The van der Waals surface area contributed by atoms with E-state index < -0.39 is 0 Å². The van der Waals surface area contributed by atoms with Gasteiger partial charge in [-0.1, -0.05) is 6.07 Å². The van der Waals surface area contributed by atoms with Crippen LogP contribution in [0.5, 0.6) is 11.5 Å². The molecule has 0 spiro atoms. The first-order valence-corrected chi connectivity index (χ1v) is 6.81. The molecule has 0 aliphatic heterocycles. The minimum atomic E-state index is -0.220. The van der Waals surface area contributed by atoms with Gasteiger partial charge in [0.2, 0.25) is 0 Å². The number of hydrogen-bond acceptors (Lipinski definition) is 4. The van der Waals surface area contributed by atoms with Crippen LogP contribution < -0.4 is 14.8 Å². The average Bonchev–Trinajstić information content (AvgIpc) is 2.83. The fourth-order valence-corrected chi connectivity index (χ4v) is 2.67. The lowest BCUT2D eigenvalue weighted by Crippen LogP contribution is -2.37. The van der Waals surface area contributed by atoms with Crippen molar-refractivity contribution in [1.29, 1.82) is 0 Å². The van der Waals surface area contributed by atoms with Gasteiger partial charge in [-0.25, -0.2) is 0 Å². The Bertz CT molecular complexity index is 422. The molecule has 1 aromatic carbocycles. The van der Waals surface area contributed by atoms with Crippen LogP contribution in [-0.4, -0.2) is 31.5 Å². The summed E-state index contributed by atoms with van der Waals surface area (Å²) in [5.41, 5.74) is 1.14. The van der Waals surface area contributed by atoms with Crippen LogP contribution in [0.3, 0.4) is 0 Å². The van der Waals surface area contributed by atoms with Gasteiger partial charge in [0, 0.05) is 12.1 Å². The molecule has 4 heteroatoms. The molecule has 1 aliphatic rings. The summed E-state index contributed by atoms with van der Waals surface area (Å²) in [5, 5.41) is 13.3. The Morgan fingerprint density at radius 2 is 1.95 bits per heavy atom. The van der Waals surface area contributed by atoms with E-state index in [1.807, 2.05) is 18.2 Å². The molecule has 1 aromatic rings. The maximum absolute atomic E-state index is 9.86. The zero-order valence-electron chi connectivity index (χ0n) is 11.8. The van der Waals surface area contributed by atoms with Gasteiger partial charge in [0.05, 0.1) is 20.3 Å². The highest BCUT2D eigenvalue weighted by Gasteiger charge is 2.26. The highest BCUT2D eigenvalue weighted by molar-refractivity contribution is 5.43. The predicted molar refractivity (Wildman–Crippen MR) is 74.7 cm³/mol. The highest BCUT2D eigenvalue weighted by atomic mass is 16.5. The molecule has 1 aliphatic carbocycles. The zero-order valence-corrected chi connectivity index (χ0v) is 11.8. The lowest BCUT2D eigenvalue weighted by Gasteiger charge is -2.23. The summed E-state index contributed by atoms with van der Waals surface area (Å²) in [6.07, 6.45) is 2.81. The summed E-state index contributed by atoms with van der Waals surface area (Å²) < 4.78 is 10.6. The van der Waals surface area contributed by atoms with Crippen LogP contribution in [0.25, 0.3) is 0 Å². The zero-order chi connectivity index (χ0) is 13.8. The van der Waals surface area contributed by atoms with Crippen molar-refractivity contribution in [3.8, 4) is 11.5 Å². The second-order valence-electron chi connectivity index (χ2n) is 5.11. The fourth-order valence-electron chi connectivity index (χ4n) is 2.67. The maximum Gasteiger partial charge on any atom is 0.161 e. The summed E-state index contributed by atoms with van der Waals surface area (Å²) in [6, 6.07) is 6.30. The van der Waals surface area contributed by atoms with Crippen LogP contribution >= 0.6 is 0 Å². The summed E-state index contributed by atoms with van der Waals surface area (Å²) in [7, 11) is 3.27. The third-order valence-electron chi connectivity index (χ3n) is 3.85. The summed E-state index contributed by atoms with van der Waals surface area (Å²) >= 11 is 0. The number of hydrogen-bond donors (Lipinski definition) is 2. The molecule has 1 unspecified atom stereocenters. The minimum absolute atomic E-state index is 0.178. The molecule has 4 nitrogen and oxygen atoms in total. The number of nitrogens with one attached hydrogen (secondary N) is 1. The molecule has 0 amide bonds. The van der Waals surface area contributed by atoms with E-state index >= 15 is 0 Å². The van der Waals surface area contributed by atoms with Gasteiger partial charge in [-0.3, -0.25) is 0 Å². The SMILES string of the molecule is COc1ccc(C(C)N[C@@H]2CCC[C@H]2O)cc1OC. The normalized spacial score (nSPS) is 24.2. The Morgan fingerprint density at radius 1 is 1.21 bits per heavy atom. The van der Waals surface area contributed by atoms with Crippen LogP contribution in [0.2, 0.25) is 0 Å². The minimum Gasteiger partial charge on any atom is -0.493 e. The number of rotatable bonds is 5. The fraction of sp³-hybridized carbons (Fsp3) is 0.600. The van der Waals surface area contributed by atoms with Crippen molar-refractivity contribution < 1.29 is 14.6 Å². The number of aliphatic hydroxyl groups is 1. The van der Waals surface area contributed by atoms with Crippen molar-refractivity contribution >= 4 is 0 Å². The summed E-state index contributed by atoms with van der Waals surface area (Å²) in [4.78, 5) is 0. The Balaban J connectivity index is 2.08. The van der Waals surface area contributed by atoms with Gasteiger partial charge < -0.3 is 19.9 Å². The summed E-state index contributed by atoms with van der Waals surface area (Å²) in [6.45, 7) is 2.10. The first-order chi connectivity index (χ1) is 9.15. The van der Waals surface area contributed by atoms with Crippen molar-refractivity contribution in [2.24, 2.45) is 0 Å². The van der Waals surface area contributed by atoms with Crippen molar-refractivity contribution in [2.45, 2.75) is 44.4 Å². The van der Waals surface area contributed by atoms with Crippen LogP contribution in [0, 0.1) is 0 Å². The second-order valence-corrected chi connectivity index (χ2v) is 5.11. The van der Waals surface area contributed by atoms with Crippen molar-refractivity contribution in [1.82, 2.24) is 5.32 Å². The van der Waals surface area contributed by atoms with Crippen LogP contribution in [0.1, 0.15) is 37.8 Å². The van der Waals surface area contributed by atoms with Gasteiger partial charge in [-0.2, -0.15) is 0 Å².